The number of benzene rings is 1. The Kier molecular flexibility index (Phi) is 4.85. The molecule has 120 valence electrons. The van der Waals surface area contributed by atoms with Gasteiger partial charge in [-0.15, -0.1) is 0 Å². The summed E-state index contributed by atoms with van der Waals surface area (Å²) in [7, 11) is 0. The standard InChI is InChI=1S/C16H19Cl2NO3/c1-9(2)6-7-19-14-12(18)5-4-11(17)13(14)16(22,15(19)21)8-10(3)20/h4-5,9,22H,6-8H2,1-3H3. The number of anilines is 1. The molecular weight excluding hydrogens is 325 g/mol. The zero-order valence-corrected chi connectivity index (χ0v) is 14.3. The van der Waals surface area contributed by atoms with E-state index in [0.717, 1.165) is 6.42 Å². The predicted octanol–water partition coefficient (Wildman–Crippen LogP) is 3.55. The van der Waals surface area contributed by atoms with Crippen LogP contribution in [0.25, 0.3) is 0 Å². The third-order valence-corrected chi connectivity index (χ3v) is 4.42. The molecule has 1 aliphatic rings. The molecule has 1 atom stereocenters. The Hall–Kier alpha value is -1.10. The highest BCUT2D eigenvalue weighted by Crippen LogP contribution is 2.49. The van der Waals surface area contributed by atoms with Gasteiger partial charge in [0.05, 0.1) is 10.7 Å². The Bertz CT molecular complexity index is 630. The Morgan fingerprint density at radius 2 is 1.91 bits per heavy atom. The third kappa shape index (κ3) is 2.87. The summed E-state index contributed by atoms with van der Waals surface area (Å²) >= 11 is 12.4. The van der Waals surface area contributed by atoms with Crippen LogP contribution >= 0.6 is 23.2 Å². The first kappa shape index (κ1) is 17.3. The molecule has 4 nitrogen and oxygen atoms in total. The number of hydrogen-bond donors (Lipinski definition) is 1. The van der Waals surface area contributed by atoms with Crippen molar-refractivity contribution in [3.63, 3.8) is 0 Å². The quantitative estimate of drug-likeness (QED) is 0.889. The van der Waals surface area contributed by atoms with Gasteiger partial charge in [0.15, 0.2) is 5.60 Å². The van der Waals surface area contributed by atoms with E-state index in [0.29, 0.717) is 23.2 Å². The average molecular weight is 344 g/mol. The van der Waals surface area contributed by atoms with Gasteiger partial charge in [0.25, 0.3) is 5.91 Å². The summed E-state index contributed by atoms with van der Waals surface area (Å²) in [6, 6.07) is 3.13. The number of fused-ring (bicyclic) bond motifs is 1. The largest absolute Gasteiger partial charge is 0.375 e. The van der Waals surface area contributed by atoms with E-state index in [1.807, 2.05) is 13.8 Å². The minimum Gasteiger partial charge on any atom is -0.375 e. The minimum absolute atomic E-state index is 0.239. The Morgan fingerprint density at radius 3 is 2.45 bits per heavy atom. The number of amides is 1. The van der Waals surface area contributed by atoms with E-state index in [9.17, 15) is 14.7 Å². The van der Waals surface area contributed by atoms with Crippen LogP contribution in [0.2, 0.25) is 10.0 Å². The molecule has 1 aromatic carbocycles. The van der Waals surface area contributed by atoms with Crippen molar-refractivity contribution in [1.82, 2.24) is 0 Å². The van der Waals surface area contributed by atoms with Gasteiger partial charge in [0.1, 0.15) is 5.78 Å². The Morgan fingerprint density at radius 1 is 1.32 bits per heavy atom. The second-order valence-corrected chi connectivity index (χ2v) is 6.95. The molecule has 0 bridgehead atoms. The highest BCUT2D eigenvalue weighted by atomic mass is 35.5. The van der Waals surface area contributed by atoms with Gasteiger partial charge in [0.2, 0.25) is 0 Å². The molecule has 1 unspecified atom stereocenters. The van der Waals surface area contributed by atoms with Crippen molar-refractivity contribution in [3.05, 3.63) is 27.7 Å². The number of hydrogen-bond acceptors (Lipinski definition) is 3. The number of aliphatic hydroxyl groups is 1. The van der Waals surface area contributed by atoms with Gasteiger partial charge >= 0.3 is 0 Å². The molecule has 1 aromatic rings. The van der Waals surface area contributed by atoms with Crippen LogP contribution in [-0.2, 0) is 15.2 Å². The predicted molar refractivity (Wildman–Crippen MR) is 87.5 cm³/mol. The van der Waals surface area contributed by atoms with Crippen molar-refractivity contribution in [3.8, 4) is 0 Å². The maximum absolute atomic E-state index is 12.7. The van der Waals surface area contributed by atoms with Gasteiger partial charge in [-0.25, -0.2) is 0 Å². The van der Waals surface area contributed by atoms with Gasteiger partial charge in [-0.3, -0.25) is 9.59 Å². The van der Waals surface area contributed by atoms with Crippen LogP contribution in [0.1, 0.15) is 39.2 Å². The first-order chi connectivity index (χ1) is 10.2. The van der Waals surface area contributed by atoms with Crippen molar-refractivity contribution in [2.75, 3.05) is 11.4 Å². The molecule has 2 rings (SSSR count). The van der Waals surface area contributed by atoms with Gasteiger partial charge in [-0.05, 0) is 31.4 Å². The SMILES string of the molecule is CC(=O)CC1(O)C(=O)N(CCC(C)C)c2c(Cl)ccc(Cl)c21. The van der Waals surface area contributed by atoms with Crippen molar-refractivity contribution >= 4 is 40.6 Å². The molecule has 0 saturated heterocycles. The highest BCUT2D eigenvalue weighted by molar-refractivity contribution is 6.38. The first-order valence-electron chi connectivity index (χ1n) is 7.20. The lowest BCUT2D eigenvalue weighted by atomic mass is 9.90. The van der Waals surface area contributed by atoms with Crippen LogP contribution in [0.5, 0.6) is 0 Å². The second-order valence-electron chi connectivity index (χ2n) is 6.13. The second kappa shape index (κ2) is 6.19. The summed E-state index contributed by atoms with van der Waals surface area (Å²) in [5.41, 5.74) is -1.27. The fourth-order valence-corrected chi connectivity index (χ4v) is 3.32. The number of halogens is 2. The third-order valence-electron chi connectivity index (χ3n) is 3.80. The molecule has 1 N–H and O–H groups in total. The van der Waals surface area contributed by atoms with E-state index >= 15 is 0 Å². The number of ketones is 1. The maximum atomic E-state index is 12.7. The lowest BCUT2D eigenvalue weighted by Gasteiger charge is -2.23. The van der Waals surface area contributed by atoms with Crippen LogP contribution in [0.3, 0.4) is 0 Å². The van der Waals surface area contributed by atoms with Crippen molar-refractivity contribution in [2.24, 2.45) is 5.92 Å². The monoisotopic (exact) mass is 343 g/mol. The molecule has 0 fully saturated rings. The molecule has 6 heteroatoms. The van der Waals surface area contributed by atoms with E-state index in [2.05, 4.69) is 0 Å². The lowest BCUT2D eigenvalue weighted by Crippen LogP contribution is -2.42. The van der Waals surface area contributed by atoms with Crippen molar-refractivity contribution in [2.45, 2.75) is 39.2 Å². The lowest BCUT2D eigenvalue weighted by molar-refractivity contribution is -0.141. The number of rotatable bonds is 5. The topological polar surface area (TPSA) is 57.6 Å². The first-order valence-corrected chi connectivity index (χ1v) is 7.96. The van der Waals surface area contributed by atoms with E-state index in [4.69, 9.17) is 23.2 Å². The van der Waals surface area contributed by atoms with E-state index < -0.39 is 11.5 Å². The van der Waals surface area contributed by atoms with Crippen LogP contribution in [0.4, 0.5) is 5.69 Å². The molecule has 0 spiro atoms. The molecular formula is C16H19Cl2NO3. The number of carbonyl (C=O) groups is 2. The zero-order valence-electron chi connectivity index (χ0n) is 12.8. The van der Waals surface area contributed by atoms with Crippen LogP contribution in [0, 0.1) is 5.92 Å². The van der Waals surface area contributed by atoms with E-state index in [1.54, 1.807) is 6.07 Å². The van der Waals surface area contributed by atoms with Gasteiger partial charge < -0.3 is 10.0 Å². The average Bonchev–Trinajstić information content (AvgIpc) is 2.61. The molecule has 0 aromatic heterocycles. The van der Waals surface area contributed by atoms with E-state index in [-0.39, 0.29) is 22.8 Å². The smallest absolute Gasteiger partial charge is 0.264 e. The normalized spacial score (nSPS) is 20.7. The van der Waals surface area contributed by atoms with Gasteiger partial charge in [-0.2, -0.15) is 0 Å². The number of Topliss-reactive ketones (excluding diaryl/α,β-unsaturated/α-hetero) is 1. The Labute approximate surface area is 140 Å². The van der Waals surface area contributed by atoms with Crippen LogP contribution in [-0.4, -0.2) is 23.3 Å². The summed E-state index contributed by atoms with van der Waals surface area (Å²) in [6.45, 7) is 5.84. The van der Waals surface area contributed by atoms with Crippen molar-refractivity contribution in [1.29, 1.82) is 0 Å². The summed E-state index contributed by atoms with van der Waals surface area (Å²) in [5.74, 6) is -0.437. The highest BCUT2D eigenvalue weighted by Gasteiger charge is 2.52. The van der Waals surface area contributed by atoms with Crippen molar-refractivity contribution < 1.29 is 14.7 Å². The van der Waals surface area contributed by atoms with Crippen LogP contribution < -0.4 is 4.90 Å². The van der Waals surface area contributed by atoms with Gasteiger partial charge in [-0.1, -0.05) is 37.0 Å². The maximum Gasteiger partial charge on any atom is 0.264 e. The molecule has 0 radical (unpaired) electrons. The summed E-state index contributed by atoms with van der Waals surface area (Å²) in [4.78, 5) is 25.7. The minimum atomic E-state index is -1.93. The molecule has 1 heterocycles. The summed E-state index contributed by atoms with van der Waals surface area (Å²) in [5, 5.41) is 11.5. The fourth-order valence-electron chi connectivity index (χ4n) is 2.76. The molecule has 1 amide bonds. The summed E-state index contributed by atoms with van der Waals surface area (Å²) in [6.07, 6.45) is 0.446. The van der Waals surface area contributed by atoms with Crippen LogP contribution in [0.15, 0.2) is 12.1 Å². The molecule has 0 saturated carbocycles. The Balaban J connectivity index is 2.57. The van der Waals surface area contributed by atoms with E-state index in [1.165, 1.54) is 17.9 Å². The molecule has 1 aliphatic heterocycles. The molecule has 22 heavy (non-hydrogen) atoms. The summed E-state index contributed by atoms with van der Waals surface area (Å²) < 4.78 is 0. The number of nitrogens with zero attached hydrogens (tertiary/aromatic N) is 1. The number of carbonyl (C=O) groups excluding carboxylic acids is 2. The van der Waals surface area contributed by atoms with Gasteiger partial charge in [0, 0.05) is 23.6 Å². The molecule has 0 aliphatic carbocycles. The fraction of sp³-hybridized carbons (Fsp3) is 0.500. The zero-order chi connectivity index (χ0) is 16.7.